The molecule has 3 fully saturated rings. The molecule has 35 heavy (non-hydrogen) atoms. The minimum Gasteiger partial charge on any atom is -0.0654 e. The van der Waals surface area contributed by atoms with Gasteiger partial charge in [-0.15, -0.1) is 0 Å². The van der Waals surface area contributed by atoms with Crippen molar-refractivity contribution in [3.05, 3.63) is 0 Å². The molecule has 0 heterocycles. The van der Waals surface area contributed by atoms with Crippen molar-refractivity contribution >= 4 is 0 Å². The predicted molar refractivity (Wildman–Crippen MR) is 161 cm³/mol. The topological polar surface area (TPSA) is 0 Å². The maximum Gasteiger partial charge on any atom is -0.0332 e. The van der Waals surface area contributed by atoms with E-state index in [1.54, 1.807) is 0 Å². The SMILES string of the molecule is CC(C)C.CC1CCC1.CCCCCCC(CC)CC1CC(C)C(C(C)C2CCC(C)CC2)C1C. The Labute approximate surface area is 224 Å². The lowest BCUT2D eigenvalue weighted by molar-refractivity contribution is 0.118. The average Bonchev–Trinajstić information content (AvgIpc) is 3.07. The van der Waals surface area contributed by atoms with Gasteiger partial charge in [0.05, 0.1) is 0 Å². The predicted octanol–water partition coefficient (Wildman–Crippen LogP) is 12.2. The third kappa shape index (κ3) is 12.9. The highest BCUT2D eigenvalue weighted by Crippen LogP contribution is 2.51. The summed E-state index contributed by atoms with van der Waals surface area (Å²) >= 11 is 0. The van der Waals surface area contributed by atoms with E-state index in [1.807, 2.05) is 0 Å². The molecule has 0 amide bonds. The highest BCUT2D eigenvalue weighted by atomic mass is 14.5. The maximum atomic E-state index is 2.63. The quantitative estimate of drug-likeness (QED) is 0.267. The van der Waals surface area contributed by atoms with Crippen molar-refractivity contribution in [1.29, 1.82) is 0 Å². The number of hydrogen-bond donors (Lipinski definition) is 0. The highest BCUT2D eigenvalue weighted by Gasteiger charge is 2.43. The van der Waals surface area contributed by atoms with Crippen LogP contribution in [0.5, 0.6) is 0 Å². The van der Waals surface area contributed by atoms with Crippen LogP contribution in [-0.2, 0) is 0 Å². The molecule has 3 rings (SSSR count). The molecule has 0 heteroatoms. The maximum absolute atomic E-state index is 2.63. The third-order valence-corrected chi connectivity index (χ3v) is 10.2. The van der Waals surface area contributed by atoms with E-state index < -0.39 is 0 Å². The summed E-state index contributed by atoms with van der Waals surface area (Å²) in [5.41, 5.74) is 0. The summed E-state index contributed by atoms with van der Waals surface area (Å²) < 4.78 is 0. The molecule has 0 aromatic rings. The van der Waals surface area contributed by atoms with Crippen molar-refractivity contribution in [1.82, 2.24) is 0 Å². The van der Waals surface area contributed by atoms with Gasteiger partial charge in [0.1, 0.15) is 0 Å². The van der Waals surface area contributed by atoms with Gasteiger partial charge < -0.3 is 0 Å². The Bertz CT molecular complexity index is 478. The zero-order valence-corrected chi connectivity index (χ0v) is 26.4. The third-order valence-electron chi connectivity index (χ3n) is 10.2. The first-order valence-electron chi connectivity index (χ1n) is 16.6. The van der Waals surface area contributed by atoms with Crippen LogP contribution in [0.4, 0.5) is 0 Å². The van der Waals surface area contributed by atoms with E-state index in [4.69, 9.17) is 0 Å². The summed E-state index contributed by atoms with van der Waals surface area (Å²) in [7, 11) is 0. The standard InChI is InChI=1S/C26H50.C5H10.C4H10/c1-7-9-10-11-12-23(8-2)18-25-17-20(4)26(22(25)6)21(5)24-15-13-19(3)14-16-24;1-5-3-2-4-5;1-4(2)3/h19-26H,7-18H2,1-6H3;5H,2-4H2,1H3;4H,1-3H3. The van der Waals surface area contributed by atoms with Crippen molar-refractivity contribution in [2.24, 2.45) is 59.2 Å². The Hall–Kier alpha value is 0. The van der Waals surface area contributed by atoms with Crippen molar-refractivity contribution in [3.63, 3.8) is 0 Å². The molecule has 0 N–H and O–H groups in total. The Morgan fingerprint density at radius 2 is 1.29 bits per heavy atom. The monoisotopic (exact) mass is 491 g/mol. The number of hydrogen-bond acceptors (Lipinski definition) is 0. The zero-order valence-electron chi connectivity index (χ0n) is 26.4. The van der Waals surface area contributed by atoms with Gasteiger partial charge in [-0.25, -0.2) is 0 Å². The number of unbranched alkanes of at least 4 members (excludes halogenated alkanes) is 3. The van der Waals surface area contributed by atoms with Gasteiger partial charge in [-0.3, -0.25) is 0 Å². The summed E-state index contributed by atoms with van der Waals surface area (Å²) in [5.74, 6) is 9.80. The molecular formula is C35H70. The molecule has 0 aromatic carbocycles. The van der Waals surface area contributed by atoms with Gasteiger partial charge in [-0.05, 0) is 84.9 Å². The second kappa shape index (κ2) is 18.3. The summed E-state index contributed by atoms with van der Waals surface area (Å²) in [6.07, 6.45) is 22.2. The minimum absolute atomic E-state index is 0.833. The van der Waals surface area contributed by atoms with Gasteiger partial charge >= 0.3 is 0 Å². The van der Waals surface area contributed by atoms with Crippen molar-refractivity contribution in [2.45, 2.75) is 166 Å². The molecular weight excluding hydrogens is 420 g/mol. The summed E-state index contributed by atoms with van der Waals surface area (Å²) in [4.78, 5) is 0. The van der Waals surface area contributed by atoms with E-state index in [-0.39, 0.29) is 0 Å². The van der Waals surface area contributed by atoms with Crippen LogP contribution in [0.1, 0.15) is 166 Å². The van der Waals surface area contributed by atoms with Crippen molar-refractivity contribution in [3.8, 4) is 0 Å². The highest BCUT2D eigenvalue weighted by molar-refractivity contribution is 4.92. The van der Waals surface area contributed by atoms with Crippen LogP contribution in [-0.4, -0.2) is 0 Å². The molecule has 3 aliphatic rings. The molecule has 0 bridgehead atoms. The van der Waals surface area contributed by atoms with E-state index in [0.29, 0.717) is 0 Å². The van der Waals surface area contributed by atoms with Gasteiger partial charge in [0.15, 0.2) is 0 Å². The molecule has 210 valence electrons. The lowest BCUT2D eigenvalue weighted by Crippen LogP contribution is -2.30. The zero-order chi connectivity index (χ0) is 26.4. The van der Waals surface area contributed by atoms with E-state index in [0.717, 1.165) is 59.2 Å². The molecule has 0 saturated heterocycles. The summed E-state index contributed by atoms with van der Waals surface area (Å²) in [6, 6.07) is 0. The summed E-state index contributed by atoms with van der Waals surface area (Å²) in [6.45, 7) is 23.9. The van der Waals surface area contributed by atoms with Crippen LogP contribution in [0.2, 0.25) is 0 Å². The van der Waals surface area contributed by atoms with Gasteiger partial charge in [-0.1, -0.05) is 140 Å². The summed E-state index contributed by atoms with van der Waals surface area (Å²) in [5, 5.41) is 0. The smallest absolute Gasteiger partial charge is 0.0332 e. The van der Waals surface area contributed by atoms with Crippen LogP contribution in [0.15, 0.2) is 0 Å². The molecule has 0 aromatic heterocycles. The van der Waals surface area contributed by atoms with Crippen LogP contribution in [0.3, 0.4) is 0 Å². The Kier molecular flexibility index (Phi) is 17.3. The Morgan fingerprint density at radius 1 is 0.714 bits per heavy atom. The fourth-order valence-electron chi connectivity index (χ4n) is 7.50. The first-order chi connectivity index (χ1) is 16.6. The lowest BCUT2D eigenvalue weighted by Gasteiger charge is -2.38. The Balaban J connectivity index is 0.000000571. The largest absolute Gasteiger partial charge is 0.0654 e. The van der Waals surface area contributed by atoms with Gasteiger partial charge in [0.2, 0.25) is 0 Å². The first-order valence-corrected chi connectivity index (χ1v) is 16.6. The molecule has 0 aliphatic heterocycles. The van der Waals surface area contributed by atoms with E-state index >= 15 is 0 Å². The minimum atomic E-state index is 0.833. The van der Waals surface area contributed by atoms with Crippen molar-refractivity contribution in [2.75, 3.05) is 0 Å². The Morgan fingerprint density at radius 3 is 1.74 bits per heavy atom. The van der Waals surface area contributed by atoms with Gasteiger partial charge in [0.25, 0.3) is 0 Å². The molecule has 0 radical (unpaired) electrons. The molecule has 6 atom stereocenters. The molecule has 6 unspecified atom stereocenters. The van der Waals surface area contributed by atoms with Crippen molar-refractivity contribution < 1.29 is 0 Å². The molecule has 0 nitrogen and oxygen atoms in total. The van der Waals surface area contributed by atoms with Gasteiger partial charge in [0, 0.05) is 0 Å². The normalized spacial score (nSPS) is 32.7. The second-order valence-electron chi connectivity index (χ2n) is 14.4. The van der Waals surface area contributed by atoms with E-state index in [2.05, 4.69) is 69.2 Å². The molecule has 3 saturated carbocycles. The molecule has 3 aliphatic carbocycles. The van der Waals surface area contributed by atoms with Crippen LogP contribution >= 0.6 is 0 Å². The second-order valence-corrected chi connectivity index (χ2v) is 14.4. The number of rotatable bonds is 10. The van der Waals surface area contributed by atoms with Crippen LogP contribution in [0, 0.1) is 59.2 Å². The van der Waals surface area contributed by atoms with Gasteiger partial charge in [-0.2, -0.15) is 0 Å². The van der Waals surface area contributed by atoms with E-state index in [9.17, 15) is 0 Å². The average molecular weight is 491 g/mol. The lowest BCUT2D eigenvalue weighted by atomic mass is 9.68. The molecule has 0 spiro atoms. The fraction of sp³-hybridized carbons (Fsp3) is 1.00. The first kappa shape index (κ1) is 33.0. The van der Waals surface area contributed by atoms with Crippen LogP contribution in [0.25, 0.3) is 0 Å². The van der Waals surface area contributed by atoms with Crippen LogP contribution < -0.4 is 0 Å². The fourth-order valence-corrected chi connectivity index (χ4v) is 7.50. The van der Waals surface area contributed by atoms with E-state index in [1.165, 1.54) is 96.3 Å².